The first kappa shape index (κ1) is 30.2. The number of ether oxygens (including phenoxy) is 1. The van der Waals surface area contributed by atoms with Crippen LogP contribution in [-0.4, -0.2) is 83.4 Å². The SMILES string of the molecule is CC[C@@H](c1nnc(SCC(=O)Nc2ccc(S(=O)(=O)N3C[C@@H](C)O[C@H](C)C3)cc2)n1Cc1ccccc1)N(C)C. The van der Waals surface area contributed by atoms with Crippen molar-refractivity contribution in [3.05, 3.63) is 66.0 Å². The molecule has 0 radical (unpaired) electrons. The van der Waals surface area contributed by atoms with Crippen LogP contribution in [0.25, 0.3) is 0 Å². The Balaban J connectivity index is 1.42. The van der Waals surface area contributed by atoms with Gasteiger partial charge in [-0.15, -0.1) is 10.2 Å². The molecule has 1 aliphatic rings. The van der Waals surface area contributed by atoms with Crippen molar-refractivity contribution in [2.24, 2.45) is 0 Å². The number of nitrogens with zero attached hydrogens (tertiary/aromatic N) is 5. The molecule has 0 spiro atoms. The molecule has 1 aromatic heterocycles. The van der Waals surface area contributed by atoms with E-state index in [1.165, 1.54) is 28.2 Å². The summed E-state index contributed by atoms with van der Waals surface area (Å²) in [6.07, 6.45) is 0.542. The zero-order chi connectivity index (χ0) is 28.9. The maximum Gasteiger partial charge on any atom is 0.243 e. The van der Waals surface area contributed by atoms with E-state index >= 15 is 0 Å². The van der Waals surface area contributed by atoms with Gasteiger partial charge in [0.1, 0.15) is 0 Å². The summed E-state index contributed by atoms with van der Waals surface area (Å²) in [5.41, 5.74) is 1.65. The van der Waals surface area contributed by atoms with E-state index in [0.717, 1.165) is 17.8 Å². The smallest absolute Gasteiger partial charge is 0.243 e. The van der Waals surface area contributed by atoms with E-state index in [1.54, 1.807) is 12.1 Å². The maximum absolute atomic E-state index is 13.1. The van der Waals surface area contributed by atoms with Crippen molar-refractivity contribution in [2.75, 3.05) is 38.3 Å². The minimum absolute atomic E-state index is 0.0954. The Kier molecular flexibility index (Phi) is 10.0. The molecule has 2 heterocycles. The zero-order valence-corrected chi connectivity index (χ0v) is 25.3. The van der Waals surface area contributed by atoms with Gasteiger partial charge < -0.3 is 14.6 Å². The number of rotatable bonds is 11. The number of morpholine rings is 1. The van der Waals surface area contributed by atoms with Gasteiger partial charge in [0, 0.05) is 18.8 Å². The second-order valence-electron chi connectivity index (χ2n) is 10.2. The summed E-state index contributed by atoms with van der Waals surface area (Å²) in [7, 11) is 0.396. The van der Waals surface area contributed by atoms with Crippen molar-refractivity contribution < 1.29 is 17.9 Å². The predicted octanol–water partition coefficient (Wildman–Crippen LogP) is 3.87. The summed E-state index contributed by atoms with van der Waals surface area (Å²) in [6.45, 7) is 7.08. The number of carbonyl (C=O) groups excluding carboxylic acids is 1. The van der Waals surface area contributed by atoms with Gasteiger partial charge in [-0.1, -0.05) is 49.0 Å². The molecular formula is C28H38N6O4S2. The summed E-state index contributed by atoms with van der Waals surface area (Å²) in [5, 5.41) is 12.5. The molecule has 12 heteroatoms. The van der Waals surface area contributed by atoms with Crippen LogP contribution >= 0.6 is 11.8 Å². The minimum Gasteiger partial charge on any atom is -0.373 e. The highest BCUT2D eigenvalue weighted by Gasteiger charge is 2.32. The molecule has 1 N–H and O–H groups in total. The summed E-state index contributed by atoms with van der Waals surface area (Å²) < 4.78 is 35.4. The van der Waals surface area contributed by atoms with E-state index in [9.17, 15) is 13.2 Å². The lowest BCUT2D eigenvalue weighted by Gasteiger charge is -2.34. The van der Waals surface area contributed by atoms with Crippen molar-refractivity contribution in [2.45, 2.75) is 62.0 Å². The molecule has 0 unspecified atom stereocenters. The van der Waals surface area contributed by atoms with Gasteiger partial charge in [-0.2, -0.15) is 4.31 Å². The van der Waals surface area contributed by atoms with Gasteiger partial charge in [-0.3, -0.25) is 9.69 Å². The number of anilines is 1. The molecular weight excluding hydrogens is 548 g/mol. The number of carbonyl (C=O) groups is 1. The zero-order valence-electron chi connectivity index (χ0n) is 23.6. The quantitative estimate of drug-likeness (QED) is 0.338. The first-order chi connectivity index (χ1) is 19.1. The average molecular weight is 587 g/mol. The number of amides is 1. The largest absolute Gasteiger partial charge is 0.373 e. The Morgan fingerprint density at radius 3 is 2.33 bits per heavy atom. The average Bonchev–Trinajstić information content (AvgIpc) is 3.29. The third-order valence-electron chi connectivity index (χ3n) is 6.73. The standard InChI is InChI=1S/C28H38N6O4S2/c1-6-25(32(4)5)27-30-31-28(34(27)18-22-10-8-7-9-11-22)39-19-26(35)29-23-12-14-24(15-13-23)40(36,37)33-16-20(2)38-21(3)17-33/h7-15,20-21,25H,6,16-19H2,1-5H3,(H,29,35)/t20-,21-,25+/m1/s1. The van der Waals surface area contributed by atoms with Gasteiger partial charge in [0.25, 0.3) is 0 Å². The number of hydrogen-bond donors (Lipinski definition) is 1. The van der Waals surface area contributed by atoms with Crippen molar-refractivity contribution in [1.82, 2.24) is 24.0 Å². The van der Waals surface area contributed by atoms with Gasteiger partial charge in [0.15, 0.2) is 11.0 Å². The molecule has 2 aromatic carbocycles. The van der Waals surface area contributed by atoms with Crippen LogP contribution in [-0.2, 0) is 26.1 Å². The predicted molar refractivity (Wildman–Crippen MR) is 157 cm³/mol. The van der Waals surface area contributed by atoms with E-state index in [4.69, 9.17) is 4.74 Å². The summed E-state index contributed by atoms with van der Waals surface area (Å²) in [5.74, 6) is 0.780. The Hall–Kier alpha value is -2.77. The highest BCUT2D eigenvalue weighted by molar-refractivity contribution is 7.99. The topological polar surface area (TPSA) is 110 Å². The van der Waals surface area contributed by atoms with E-state index in [2.05, 4.69) is 44.0 Å². The summed E-state index contributed by atoms with van der Waals surface area (Å²) in [6, 6.07) is 16.5. The van der Waals surface area contributed by atoms with Crippen molar-refractivity contribution >= 4 is 33.4 Å². The third-order valence-corrected chi connectivity index (χ3v) is 9.54. The normalized spacial score (nSPS) is 19.1. The van der Waals surface area contributed by atoms with Crippen LogP contribution in [0.4, 0.5) is 5.69 Å². The number of sulfonamides is 1. The highest BCUT2D eigenvalue weighted by atomic mass is 32.2. The minimum atomic E-state index is -3.65. The number of thioether (sulfide) groups is 1. The molecule has 3 aromatic rings. The molecule has 0 saturated carbocycles. The molecule has 1 fully saturated rings. The Labute approximate surface area is 241 Å². The lowest BCUT2D eigenvalue weighted by Crippen LogP contribution is -2.48. The second kappa shape index (κ2) is 13.3. The van der Waals surface area contributed by atoms with Crippen LogP contribution < -0.4 is 5.32 Å². The lowest BCUT2D eigenvalue weighted by molar-refractivity contribution is -0.113. The maximum atomic E-state index is 13.1. The number of aromatic nitrogens is 3. The van der Waals surface area contributed by atoms with E-state index in [1.807, 2.05) is 46.1 Å². The van der Waals surface area contributed by atoms with Gasteiger partial charge in [0.2, 0.25) is 15.9 Å². The van der Waals surface area contributed by atoms with Crippen molar-refractivity contribution in [1.29, 1.82) is 0 Å². The number of hydrogen-bond acceptors (Lipinski definition) is 8. The first-order valence-electron chi connectivity index (χ1n) is 13.4. The molecule has 40 heavy (non-hydrogen) atoms. The van der Waals surface area contributed by atoms with Gasteiger partial charge in [0.05, 0.1) is 35.4 Å². The van der Waals surface area contributed by atoms with Crippen LogP contribution in [0, 0.1) is 0 Å². The molecule has 1 aliphatic heterocycles. The van der Waals surface area contributed by atoms with E-state index in [0.29, 0.717) is 30.5 Å². The number of nitrogens with one attached hydrogen (secondary N) is 1. The van der Waals surface area contributed by atoms with Crippen LogP contribution in [0.3, 0.4) is 0 Å². The molecule has 10 nitrogen and oxygen atoms in total. The first-order valence-corrected chi connectivity index (χ1v) is 15.8. The van der Waals surface area contributed by atoms with Gasteiger partial charge in [-0.05, 0) is 64.2 Å². The molecule has 0 bridgehead atoms. The monoisotopic (exact) mass is 586 g/mol. The van der Waals surface area contributed by atoms with Gasteiger partial charge in [-0.25, -0.2) is 8.42 Å². The molecule has 3 atom stereocenters. The third kappa shape index (κ3) is 7.29. The van der Waals surface area contributed by atoms with Crippen molar-refractivity contribution in [3.63, 3.8) is 0 Å². The summed E-state index contributed by atoms with van der Waals surface area (Å²) in [4.78, 5) is 15.1. The van der Waals surface area contributed by atoms with Gasteiger partial charge >= 0.3 is 0 Å². The fourth-order valence-corrected chi connectivity index (χ4v) is 7.20. The van der Waals surface area contributed by atoms with E-state index < -0.39 is 10.0 Å². The molecule has 4 rings (SSSR count). The van der Waals surface area contributed by atoms with E-state index in [-0.39, 0.29) is 34.8 Å². The number of benzene rings is 2. The highest BCUT2D eigenvalue weighted by Crippen LogP contribution is 2.27. The Morgan fingerprint density at radius 1 is 1.07 bits per heavy atom. The van der Waals surface area contributed by atoms with Crippen molar-refractivity contribution in [3.8, 4) is 0 Å². The molecule has 0 aliphatic carbocycles. The Bertz CT molecular complexity index is 1370. The van der Waals surface area contributed by atoms with Crippen LogP contribution in [0.1, 0.15) is 44.6 Å². The molecule has 216 valence electrons. The molecule has 1 amide bonds. The second-order valence-corrected chi connectivity index (χ2v) is 13.1. The van der Waals surface area contributed by atoms with Crippen LogP contribution in [0.5, 0.6) is 0 Å². The molecule has 1 saturated heterocycles. The fraction of sp³-hybridized carbons (Fsp3) is 0.464. The Morgan fingerprint density at radius 2 is 1.73 bits per heavy atom. The summed E-state index contributed by atoms with van der Waals surface area (Å²) >= 11 is 1.33. The fourth-order valence-electron chi connectivity index (χ4n) is 4.86. The lowest BCUT2D eigenvalue weighted by atomic mass is 10.2. The van der Waals surface area contributed by atoms with Crippen LogP contribution in [0.2, 0.25) is 0 Å². The van der Waals surface area contributed by atoms with Crippen LogP contribution in [0.15, 0.2) is 64.6 Å².